The van der Waals surface area contributed by atoms with Crippen molar-refractivity contribution in [3.63, 3.8) is 0 Å². The van der Waals surface area contributed by atoms with Gasteiger partial charge < -0.3 is 4.74 Å². The fourth-order valence-electron chi connectivity index (χ4n) is 1.94. The summed E-state index contributed by atoms with van der Waals surface area (Å²) in [5, 5.41) is 0. The van der Waals surface area contributed by atoms with E-state index in [0.717, 1.165) is 23.3 Å². The number of Topliss-reactive ketones (excluding diaryl/α,β-unsaturated/α-hetero) is 1. The van der Waals surface area contributed by atoms with Gasteiger partial charge in [0, 0.05) is 17.5 Å². The number of aryl methyl sites for hydroxylation is 1. The number of ether oxygens (including phenoxy) is 1. The van der Waals surface area contributed by atoms with Gasteiger partial charge in [-0.1, -0.05) is 6.07 Å². The van der Waals surface area contributed by atoms with Gasteiger partial charge in [-0.3, -0.25) is 4.79 Å². The van der Waals surface area contributed by atoms with Crippen molar-refractivity contribution in [2.45, 2.75) is 19.8 Å². The van der Waals surface area contributed by atoms with Crippen LogP contribution < -0.4 is 4.74 Å². The SMILES string of the molecule is COc1ccc2c(c1C)C(=O)CC2. The van der Waals surface area contributed by atoms with E-state index in [1.165, 1.54) is 5.56 Å². The maximum Gasteiger partial charge on any atom is 0.163 e. The minimum atomic E-state index is 0.256. The van der Waals surface area contributed by atoms with Gasteiger partial charge in [0.25, 0.3) is 0 Å². The molecule has 0 fully saturated rings. The van der Waals surface area contributed by atoms with Crippen LogP contribution in [0.5, 0.6) is 5.75 Å². The molecule has 0 aliphatic heterocycles. The maximum atomic E-state index is 11.5. The van der Waals surface area contributed by atoms with E-state index in [9.17, 15) is 4.79 Å². The van der Waals surface area contributed by atoms with Gasteiger partial charge in [-0.2, -0.15) is 0 Å². The largest absolute Gasteiger partial charge is 0.496 e. The molecule has 0 bridgehead atoms. The Hall–Kier alpha value is -1.31. The van der Waals surface area contributed by atoms with Crippen LogP contribution >= 0.6 is 0 Å². The van der Waals surface area contributed by atoms with Crippen molar-refractivity contribution in [1.82, 2.24) is 0 Å². The number of rotatable bonds is 1. The molecular formula is C11H12O2. The summed E-state index contributed by atoms with van der Waals surface area (Å²) in [5.41, 5.74) is 3.05. The summed E-state index contributed by atoms with van der Waals surface area (Å²) in [6.07, 6.45) is 1.54. The molecule has 0 spiro atoms. The average molecular weight is 176 g/mol. The number of hydrogen-bond acceptors (Lipinski definition) is 2. The summed E-state index contributed by atoms with van der Waals surface area (Å²) in [6, 6.07) is 3.93. The molecule has 1 aliphatic rings. The fraction of sp³-hybridized carbons (Fsp3) is 0.364. The van der Waals surface area contributed by atoms with E-state index in [-0.39, 0.29) is 5.78 Å². The third kappa shape index (κ3) is 1.13. The zero-order valence-corrected chi connectivity index (χ0v) is 7.89. The number of carbonyl (C=O) groups excluding carboxylic acids is 1. The molecule has 2 rings (SSSR count). The lowest BCUT2D eigenvalue weighted by Crippen LogP contribution is -1.98. The molecule has 0 heterocycles. The molecule has 1 aliphatic carbocycles. The average Bonchev–Trinajstić information content (AvgIpc) is 2.49. The molecule has 0 aromatic heterocycles. The second-order valence-electron chi connectivity index (χ2n) is 3.35. The molecule has 0 unspecified atom stereocenters. The quantitative estimate of drug-likeness (QED) is 0.655. The Labute approximate surface area is 77.5 Å². The number of fused-ring (bicyclic) bond motifs is 1. The molecule has 1 aromatic carbocycles. The Morgan fingerprint density at radius 1 is 1.31 bits per heavy atom. The summed E-state index contributed by atoms with van der Waals surface area (Å²) < 4.78 is 5.17. The zero-order chi connectivity index (χ0) is 9.42. The van der Waals surface area contributed by atoms with Crippen molar-refractivity contribution in [2.75, 3.05) is 7.11 Å². The lowest BCUT2D eigenvalue weighted by molar-refractivity contribution is 0.0994. The Morgan fingerprint density at radius 3 is 2.77 bits per heavy atom. The lowest BCUT2D eigenvalue weighted by Gasteiger charge is -2.08. The first-order valence-corrected chi connectivity index (χ1v) is 4.43. The Bertz CT molecular complexity index is 367. The van der Waals surface area contributed by atoms with Gasteiger partial charge in [-0.05, 0) is 25.0 Å². The topological polar surface area (TPSA) is 26.3 Å². The van der Waals surface area contributed by atoms with Crippen LogP contribution in [0.15, 0.2) is 12.1 Å². The van der Waals surface area contributed by atoms with Crippen molar-refractivity contribution in [3.05, 3.63) is 28.8 Å². The van der Waals surface area contributed by atoms with E-state index >= 15 is 0 Å². The van der Waals surface area contributed by atoms with Crippen molar-refractivity contribution in [2.24, 2.45) is 0 Å². The smallest absolute Gasteiger partial charge is 0.163 e. The van der Waals surface area contributed by atoms with Crippen LogP contribution in [0.3, 0.4) is 0 Å². The van der Waals surface area contributed by atoms with E-state index in [1.807, 2.05) is 19.1 Å². The molecule has 0 saturated heterocycles. The third-order valence-corrected chi connectivity index (χ3v) is 2.62. The number of hydrogen-bond donors (Lipinski definition) is 0. The molecule has 13 heavy (non-hydrogen) atoms. The summed E-state index contributed by atoms with van der Waals surface area (Å²) in [4.78, 5) is 11.5. The summed E-state index contributed by atoms with van der Waals surface area (Å²) in [7, 11) is 1.63. The van der Waals surface area contributed by atoms with Gasteiger partial charge in [0.05, 0.1) is 7.11 Å². The third-order valence-electron chi connectivity index (χ3n) is 2.62. The van der Waals surface area contributed by atoms with E-state index in [0.29, 0.717) is 6.42 Å². The zero-order valence-electron chi connectivity index (χ0n) is 7.89. The van der Waals surface area contributed by atoms with Crippen molar-refractivity contribution >= 4 is 5.78 Å². The molecule has 0 atom stereocenters. The maximum absolute atomic E-state index is 11.5. The van der Waals surface area contributed by atoms with Gasteiger partial charge in [0.1, 0.15) is 5.75 Å². The monoisotopic (exact) mass is 176 g/mol. The molecule has 0 saturated carbocycles. The molecule has 2 nitrogen and oxygen atoms in total. The Morgan fingerprint density at radius 2 is 2.08 bits per heavy atom. The van der Waals surface area contributed by atoms with Crippen molar-refractivity contribution < 1.29 is 9.53 Å². The summed E-state index contributed by atoms with van der Waals surface area (Å²) in [6.45, 7) is 1.95. The normalized spacial score (nSPS) is 14.5. The van der Waals surface area contributed by atoms with E-state index < -0.39 is 0 Å². The number of benzene rings is 1. The summed E-state index contributed by atoms with van der Waals surface area (Å²) in [5.74, 6) is 1.07. The second-order valence-corrected chi connectivity index (χ2v) is 3.35. The van der Waals surface area contributed by atoms with Crippen molar-refractivity contribution in [3.8, 4) is 5.75 Å². The molecule has 0 radical (unpaired) electrons. The van der Waals surface area contributed by atoms with E-state index in [2.05, 4.69) is 0 Å². The van der Waals surface area contributed by atoms with Gasteiger partial charge >= 0.3 is 0 Å². The van der Waals surface area contributed by atoms with E-state index in [1.54, 1.807) is 7.11 Å². The molecule has 0 amide bonds. The van der Waals surface area contributed by atoms with Crippen LogP contribution in [0.25, 0.3) is 0 Å². The Kier molecular flexibility index (Phi) is 1.83. The van der Waals surface area contributed by atoms with Crippen LogP contribution in [0.1, 0.15) is 27.9 Å². The predicted octanol–water partition coefficient (Wildman–Crippen LogP) is 2.13. The Balaban J connectivity index is 2.63. The van der Waals surface area contributed by atoms with Gasteiger partial charge in [-0.25, -0.2) is 0 Å². The molecule has 0 N–H and O–H groups in total. The number of ketones is 1. The van der Waals surface area contributed by atoms with Gasteiger partial charge in [0.15, 0.2) is 5.78 Å². The van der Waals surface area contributed by atoms with Gasteiger partial charge in [-0.15, -0.1) is 0 Å². The van der Waals surface area contributed by atoms with Crippen LogP contribution in [-0.4, -0.2) is 12.9 Å². The van der Waals surface area contributed by atoms with E-state index in [4.69, 9.17) is 4.74 Å². The second kappa shape index (κ2) is 2.87. The first kappa shape index (κ1) is 8.30. The highest BCUT2D eigenvalue weighted by Crippen LogP contribution is 2.30. The number of carbonyl (C=O) groups is 1. The molecule has 68 valence electrons. The minimum absolute atomic E-state index is 0.256. The highest BCUT2D eigenvalue weighted by molar-refractivity contribution is 6.02. The van der Waals surface area contributed by atoms with Gasteiger partial charge in [0.2, 0.25) is 0 Å². The lowest BCUT2D eigenvalue weighted by atomic mass is 10.0. The first-order chi connectivity index (χ1) is 6.24. The number of methoxy groups -OCH3 is 1. The predicted molar refractivity (Wildman–Crippen MR) is 50.4 cm³/mol. The van der Waals surface area contributed by atoms with Crippen molar-refractivity contribution in [1.29, 1.82) is 0 Å². The standard InChI is InChI=1S/C11H12O2/c1-7-10(13-2)6-4-8-3-5-9(12)11(7)8/h4,6H,3,5H2,1-2H3. The highest BCUT2D eigenvalue weighted by atomic mass is 16.5. The molecule has 1 aromatic rings. The minimum Gasteiger partial charge on any atom is -0.496 e. The first-order valence-electron chi connectivity index (χ1n) is 4.43. The van der Waals surface area contributed by atoms with Crippen LogP contribution in [0.2, 0.25) is 0 Å². The van der Waals surface area contributed by atoms with Crippen LogP contribution in [-0.2, 0) is 6.42 Å². The fourth-order valence-corrected chi connectivity index (χ4v) is 1.94. The highest BCUT2D eigenvalue weighted by Gasteiger charge is 2.22. The molecule has 2 heteroatoms. The van der Waals surface area contributed by atoms with Crippen LogP contribution in [0, 0.1) is 6.92 Å². The summed E-state index contributed by atoms with van der Waals surface area (Å²) >= 11 is 0. The van der Waals surface area contributed by atoms with Crippen LogP contribution in [0.4, 0.5) is 0 Å². The molecular weight excluding hydrogens is 164 g/mol.